The van der Waals surface area contributed by atoms with Crippen LogP contribution in [-0.2, 0) is 14.3 Å². The molecule has 2 aliphatic heterocycles. The number of nitrogens with zero attached hydrogens (tertiary/aromatic N) is 2. The average Bonchev–Trinajstić information content (AvgIpc) is 3.34. The van der Waals surface area contributed by atoms with Gasteiger partial charge in [-0.05, 0) is 73.9 Å². The number of benzene rings is 2. The second-order valence-electron chi connectivity index (χ2n) is 9.84. The van der Waals surface area contributed by atoms with Gasteiger partial charge in [-0.1, -0.05) is 36.5 Å². The quantitative estimate of drug-likeness (QED) is 0.469. The van der Waals surface area contributed by atoms with Gasteiger partial charge in [-0.2, -0.15) is 0 Å². The van der Waals surface area contributed by atoms with E-state index < -0.39 is 6.04 Å². The van der Waals surface area contributed by atoms with E-state index in [9.17, 15) is 14.0 Å². The van der Waals surface area contributed by atoms with Crippen LogP contribution >= 0.6 is 11.3 Å². The minimum Gasteiger partial charge on any atom is -0.483 e. The molecule has 4 atom stereocenters. The van der Waals surface area contributed by atoms with E-state index in [0.717, 1.165) is 40.6 Å². The summed E-state index contributed by atoms with van der Waals surface area (Å²) < 4.78 is 21.0. The number of hydrogen-bond acceptors (Lipinski definition) is 5. The van der Waals surface area contributed by atoms with E-state index in [2.05, 4.69) is 19.1 Å². The Morgan fingerprint density at radius 2 is 1.88 bits per heavy atom. The molecule has 0 saturated heterocycles. The Kier molecular flexibility index (Phi) is 4.88. The summed E-state index contributed by atoms with van der Waals surface area (Å²) in [5.74, 6) is -0.406. The van der Waals surface area contributed by atoms with Crippen LogP contribution < -0.4 is 4.90 Å². The van der Waals surface area contributed by atoms with Crippen LogP contribution in [0.25, 0.3) is 10.2 Å². The molecule has 2 aromatic carbocycles. The SMILES string of the molecule is Cc1cc(C)c2nc(N3C(=O)C4=C(C(=O)C5CC(C)CCC5O4)C3c3ccc(F)cc3)sc2c1. The van der Waals surface area contributed by atoms with Crippen molar-refractivity contribution in [1.29, 1.82) is 0 Å². The molecule has 1 fully saturated rings. The number of carbonyl (C=O) groups excluding carboxylic acids is 2. The predicted molar refractivity (Wildman–Crippen MR) is 129 cm³/mol. The number of hydrogen-bond donors (Lipinski definition) is 0. The van der Waals surface area contributed by atoms with Crippen molar-refractivity contribution in [3.8, 4) is 0 Å². The van der Waals surface area contributed by atoms with Gasteiger partial charge in [0.25, 0.3) is 5.91 Å². The van der Waals surface area contributed by atoms with Crippen LogP contribution in [0.15, 0.2) is 47.7 Å². The second kappa shape index (κ2) is 7.73. The van der Waals surface area contributed by atoms with E-state index in [1.807, 2.05) is 13.8 Å². The van der Waals surface area contributed by atoms with Crippen molar-refractivity contribution in [3.05, 3.63) is 70.2 Å². The van der Waals surface area contributed by atoms with Crippen LogP contribution in [0.5, 0.6) is 0 Å². The molecule has 1 amide bonds. The van der Waals surface area contributed by atoms with Gasteiger partial charge in [0.05, 0.1) is 27.7 Å². The number of Topliss-reactive ketones (excluding diaryl/α,β-unsaturated/α-hetero) is 1. The molecule has 0 spiro atoms. The first-order chi connectivity index (χ1) is 16.3. The molecule has 3 heterocycles. The molecule has 5 nitrogen and oxygen atoms in total. The molecule has 3 aliphatic rings. The lowest BCUT2D eigenvalue weighted by Gasteiger charge is -2.37. The van der Waals surface area contributed by atoms with Crippen molar-refractivity contribution in [3.63, 3.8) is 0 Å². The summed E-state index contributed by atoms with van der Waals surface area (Å²) in [6.07, 6.45) is 2.24. The zero-order valence-corrected chi connectivity index (χ0v) is 20.1. The number of thiazole rings is 1. The molecule has 34 heavy (non-hydrogen) atoms. The molecular formula is C27H25FN2O3S. The summed E-state index contributed by atoms with van der Waals surface area (Å²) in [5, 5.41) is 0.519. The number of fused-ring (bicyclic) bond motifs is 2. The second-order valence-corrected chi connectivity index (χ2v) is 10.9. The van der Waals surface area contributed by atoms with E-state index in [1.54, 1.807) is 17.0 Å². The highest BCUT2D eigenvalue weighted by atomic mass is 32.1. The molecule has 1 aliphatic carbocycles. The van der Waals surface area contributed by atoms with Crippen molar-refractivity contribution in [2.45, 2.75) is 52.2 Å². The van der Waals surface area contributed by atoms with Crippen molar-refractivity contribution in [2.24, 2.45) is 11.8 Å². The highest BCUT2D eigenvalue weighted by molar-refractivity contribution is 7.22. The van der Waals surface area contributed by atoms with Crippen LogP contribution in [-0.4, -0.2) is 22.8 Å². The lowest BCUT2D eigenvalue weighted by Crippen LogP contribution is -2.41. The van der Waals surface area contributed by atoms with E-state index in [1.165, 1.54) is 23.5 Å². The van der Waals surface area contributed by atoms with Crippen molar-refractivity contribution in [2.75, 3.05) is 4.90 Å². The number of carbonyl (C=O) groups is 2. The van der Waals surface area contributed by atoms with Gasteiger partial charge in [0.1, 0.15) is 11.9 Å². The number of aromatic nitrogens is 1. The Labute approximate surface area is 201 Å². The predicted octanol–water partition coefficient (Wildman–Crippen LogP) is 5.80. The Morgan fingerprint density at radius 3 is 2.65 bits per heavy atom. The fourth-order valence-corrected chi connectivity index (χ4v) is 6.87. The standard InChI is InChI=1S/C27H25FN2O3S/c1-13-4-9-19-18(11-13)24(31)21-23(16-5-7-17(28)8-6-16)30(26(32)25(21)33-19)27-29-22-15(3)10-14(2)12-20(22)34-27/h5-8,10,12-13,18-19,23H,4,9,11H2,1-3H3. The van der Waals surface area contributed by atoms with Gasteiger partial charge in [0.2, 0.25) is 0 Å². The molecule has 0 N–H and O–H groups in total. The number of aryl methyl sites for hydroxylation is 2. The normalized spacial score (nSPS) is 26.6. The maximum atomic E-state index is 13.8. The smallest absolute Gasteiger partial charge is 0.296 e. The highest BCUT2D eigenvalue weighted by Gasteiger charge is 2.53. The lowest BCUT2D eigenvalue weighted by molar-refractivity contribution is -0.132. The van der Waals surface area contributed by atoms with Crippen LogP contribution in [0.3, 0.4) is 0 Å². The number of amides is 1. The summed E-state index contributed by atoms with van der Waals surface area (Å²) in [6, 6.07) is 9.45. The molecule has 7 heteroatoms. The minimum absolute atomic E-state index is 0.0175. The monoisotopic (exact) mass is 476 g/mol. The van der Waals surface area contributed by atoms with Gasteiger partial charge < -0.3 is 4.74 Å². The largest absolute Gasteiger partial charge is 0.483 e. The first kappa shape index (κ1) is 21.5. The number of ketones is 1. The van der Waals surface area contributed by atoms with Gasteiger partial charge in [-0.25, -0.2) is 9.37 Å². The lowest BCUT2D eigenvalue weighted by atomic mass is 9.74. The van der Waals surface area contributed by atoms with Crippen LogP contribution in [0.4, 0.5) is 9.52 Å². The molecule has 0 radical (unpaired) electrons. The van der Waals surface area contributed by atoms with Crippen molar-refractivity contribution < 1.29 is 18.7 Å². The summed E-state index contributed by atoms with van der Waals surface area (Å²) in [7, 11) is 0. The molecule has 1 saturated carbocycles. The summed E-state index contributed by atoms with van der Waals surface area (Å²) >= 11 is 1.43. The molecule has 6 rings (SSSR count). The molecule has 4 unspecified atom stereocenters. The number of ether oxygens (including phenoxy) is 1. The topological polar surface area (TPSA) is 59.5 Å². The van der Waals surface area contributed by atoms with E-state index in [0.29, 0.717) is 22.2 Å². The number of halogens is 1. The molecule has 1 aromatic heterocycles. The summed E-state index contributed by atoms with van der Waals surface area (Å²) in [5.41, 5.74) is 4.06. The van der Waals surface area contributed by atoms with E-state index >= 15 is 0 Å². The van der Waals surface area contributed by atoms with E-state index in [-0.39, 0.29) is 35.3 Å². The molecule has 0 bridgehead atoms. The van der Waals surface area contributed by atoms with Gasteiger partial charge in [0.15, 0.2) is 16.7 Å². The zero-order valence-electron chi connectivity index (χ0n) is 19.3. The fourth-order valence-electron chi connectivity index (χ4n) is 5.70. The summed E-state index contributed by atoms with van der Waals surface area (Å²) in [4.78, 5) is 34.0. The Bertz CT molecular complexity index is 1380. The third-order valence-electron chi connectivity index (χ3n) is 7.32. The zero-order chi connectivity index (χ0) is 23.7. The number of anilines is 1. The fraction of sp³-hybridized carbons (Fsp3) is 0.370. The van der Waals surface area contributed by atoms with Crippen LogP contribution in [0.2, 0.25) is 0 Å². The molecule has 3 aromatic rings. The van der Waals surface area contributed by atoms with Gasteiger partial charge in [0, 0.05) is 0 Å². The van der Waals surface area contributed by atoms with Crippen molar-refractivity contribution >= 4 is 38.4 Å². The third-order valence-corrected chi connectivity index (χ3v) is 8.32. The van der Waals surface area contributed by atoms with Crippen LogP contribution in [0.1, 0.15) is 48.9 Å². The van der Waals surface area contributed by atoms with Gasteiger partial charge in [-0.3, -0.25) is 14.5 Å². The molecular weight excluding hydrogens is 451 g/mol. The maximum Gasteiger partial charge on any atom is 0.296 e. The number of rotatable bonds is 2. The first-order valence-corrected chi connectivity index (χ1v) is 12.6. The summed E-state index contributed by atoms with van der Waals surface area (Å²) in [6.45, 7) is 6.19. The molecule has 174 valence electrons. The highest BCUT2D eigenvalue weighted by Crippen LogP contribution is 2.50. The Hall–Kier alpha value is -3.06. The first-order valence-electron chi connectivity index (χ1n) is 11.7. The average molecular weight is 477 g/mol. The Morgan fingerprint density at radius 1 is 1.12 bits per heavy atom. The van der Waals surface area contributed by atoms with Gasteiger partial charge >= 0.3 is 0 Å². The maximum absolute atomic E-state index is 13.8. The Balaban J connectivity index is 1.51. The van der Waals surface area contributed by atoms with E-state index in [4.69, 9.17) is 9.72 Å². The van der Waals surface area contributed by atoms with Crippen LogP contribution in [0, 0.1) is 31.5 Å². The van der Waals surface area contributed by atoms with Gasteiger partial charge in [-0.15, -0.1) is 0 Å². The third kappa shape index (κ3) is 3.21. The minimum atomic E-state index is -0.684. The van der Waals surface area contributed by atoms with Crippen molar-refractivity contribution in [1.82, 2.24) is 4.98 Å².